The number of nitrogens with zero attached hydrogens (tertiary/aromatic N) is 1. The van der Waals surface area contributed by atoms with Crippen molar-refractivity contribution in [1.82, 2.24) is 10.2 Å². The van der Waals surface area contributed by atoms with Crippen LogP contribution in [0, 0.1) is 0 Å². The first-order valence-electron chi connectivity index (χ1n) is 6.88. The fourth-order valence-corrected chi connectivity index (χ4v) is 2.88. The van der Waals surface area contributed by atoms with Gasteiger partial charge in [-0.3, -0.25) is 29.4 Å². The third kappa shape index (κ3) is 1.94. The molecule has 4 amide bonds. The third-order valence-corrected chi connectivity index (χ3v) is 3.94. The second-order valence-electron chi connectivity index (χ2n) is 5.14. The monoisotopic (exact) mass is 286 g/mol. The van der Waals surface area contributed by atoms with Crippen LogP contribution in [0.1, 0.15) is 46.0 Å². The number of rotatable bonds is 2. The summed E-state index contributed by atoms with van der Waals surface area (Å²) in [6.07, 6.45) is 0.938. The van der Waals surface area contributed by atoms with Crippen LogP contribution < -0.4 is 5.32 Å². The van der Waals surface area contributed by atoms with Crippen LogP contribution in [0.2, 0.25) is 0 Å². The Morgan fingerprint density at radius 1 is 1.19 bits per heavy atom. The van der Waals surface area contributed by atoms with Crippen molar-refractivity contribution >= 4 is 23.6 Å². The van der Waals surface area contributed by atoms with E-state index in [-0.39, 0.29) is 18.7 Å². The highest BCUT2D eigenvalue weighted by atomic mass is 16.2. The summed E-state index contributed by atoms with van der Waals surface area (Å²) >= 11 is 0. The largest absolute Gasteiger partial charge is 0.295 e. The number of amides is 4. The normalized spacial score (nSPS) is 21.6. The first-order valence-corrected chi connectivity index (χ1v) is 6.88. The van der Waals surface area contributed by atoms with E-state index < -0.39 is 23.8 Å². The lowest BCUT2D eigenvalue weighted by Gasteiger charge is -2.27. The Morgan fingerprint density at radius 3 is 2.62 bits per heavy atom. The lowest BCUT2D eigenvalue weighted by Crippen LogP contribution is -2.54. The van der Waals surface area contributed by atoms with Crippen molar-refractivity contribution in [3.63, 3.8) is 0 Å². The number of carbonyl (C=O) groups excluding carboxylic acids is 4. The minimum Gasteiger partial charge on any atom is -0.295 e. The molecular weight excluding hydrogens is 272 g/mol. The van der Waals surface area contributed by atoms with Gasteiger partial charge in [0, 0.05) is 6.42 Å². The summed E-state index contributed by atoms with van der Waals surface area (Å²) in [5.41, 5.74) is 1.51. The Kier molecular flexibility index (Phi) is 3.08. The van der Waals surface area contributed by atoms with E-state index in [9.17, 15) is 19.2 Å². The van der Waals surface area contributed by atoms with Crippen LogP contribution in [-0.2, 0) is 16.0 Å². The maximum Gasteiger partial charge on any atom is 0.262 e. The van der Waals surface area contributed by atoms with Gasteiger partial charge in [0.2, 0.25) is 11.8 Å². The van der Waals surface area contributed by atoms with E-state index in [1.165, 1.54) is 0 Å². The van der Waals surface area contributed by atoms with Gasteiger partial charge in [-0.05, 0) is 24.5 Å². The van der Waals surface area contributed by atoms with Crippen LogP contribution in [0.3, 0.4) is 0 Å². The van der Waals surface area contributed by atoms with E-state index in [0.717, 1.165) is 10.5 Å². The number of benzene rings is 1. The van der Waals surface area contributed by atoms with Crippen molar-refractivity contribution in [1.29, 1.82) is 0 Å². The van der Waals surface area contributed by atoms with Crippen LogP contribution in [0.15, 0.2) is 18.2 Å². The molecule has 1 fully saturated rings. The van der Waals surface area contributed by atoms with E-state index in [4.69, 9.17) is 0 Å². The Bertz CT molecular complexity index is 680. The van der Waals surface area contributed by atoms with Crippen molar-refractivity contribution in [2.75, 3.05) is 0 Å². The average molecular weight is 286 g/mol. The van der Waals surface area contributed by atoms with E-state index in [2.05, 4.69) is 5.32 Å². The fraction of sp³-hybridized carbons (Fsp3) is 0.333. The molecule has 6 nitrogen and oxygen atoms in total. The molecule has 1 N–H and O–H groups in total. The molecule has 2 aliphatic rings. The molecule has 108 valence electrons. The van der Waals surface area contributed by atoms with Crippen LogP contribution >= 0.6 is 0 Å². The van der Waals surface area contributed by atoms with Crippen LogP contribution in [-0.4, -0.2) is 34.6 Å². The number of piperidine rings is 1. The Labute approximate surface area is 121 Å². The zero-order chi connectivity index (χ0) is 15.1. The Hall–Kier alpha value is -2.50. The van der Waals surface area contributed by atoms with Crippen molar-refractivity contribution < 1.29 is 19.2 Å². The second kappa shape index (κ2) is 4.80. The predicted molar refractivity (Wildman–Crippen MR) is 72.5 cm³/mol. The first-order chi connectivity index (χ1) is 10.0. The number of hydrogen-bond donors (Lipinski definition) is 1. The topological polar surface area (TPSA) is 83.6 Å². The highest BCUT2D eigenvalue weighted by molar-refractivity contribution is 6.24. The maximum absolute atomic E-state index is 12.6. The molecule has 0 radical (unpaired) electrons. The standard InChI is InChI=1S/C15H14N2O4/c1-2-8-4-3-5-9-12(8)15(21)17(14(9)20)10-6-7-11(18)16-13(10)19/h3-5,10H,2,6-7H2,1H3,(H,16,18,19)/t10-/m1/s1. The summed E-state index contributed by atoms with van der Waals surface area (Å²) in [4.78, 5) is 49.1. The number of nitrogens with one attached hydrogen (secondary N) is 1. The lowest BCUT2D eigenvalue weighted by molar-refractivity contribution is -0.136. The molecule has 1 saturated heterocycles. The molecule has 1 aromatic carbocycles. The van der Waals surface area contributed by atoms with Crippen molar-refractivity contribution in [2.24, 2.45) is 0 Å². The van der Waals surface area contributed by atoms with Gasteiger partial charge in [-0.2, -0.15) is 0 Å². The van der Waals surface area contributed by atoms with E-state index in [0.29, 0.717) is 17.5 Å². The van der Waals surface area contributed by atoms with Gasteiger partial charge in [-0.15, -0.1) is 0 Å². The quantitative estimate of drug-likeness (QED) is 0.809. The molecule has 3 rings (SSSR count). The zero-order valence-electron chi connectivity index (χ0n) is 11.5. The number of fused-ring (bicyclic) bond motifs is 1. The Morgan fingerprint density at radius 2 is 1.95 bits per heavy atom. The van der Waals surface area contributed by atoms with E-state index >= 15 is 0 Å². The SMILES string of the molecule is CCc1cccc2c1C(=O)N([C@@H]1CCC(=O)NC1=O)C2=O. The van der Waals surface area contributed by atoms with Crippen LogP contribution in [0.5, 0.6) is 0 Å². The van der Waals surface area contributed by atoms with Gasteiger partial charge in [0.1, 0.15) is 6.04 Å². The maximum atomic E-state index is 12.6. The van der Waals surface area contributed by atoms with Crippen molar-refractivity contribution in [2.45, 2.75) is 32.2 Å². The van der Waals surface area contributed by atoms with Gasteiger partial charge in [0.15, 0.2) is 0 Å². The number of aryl methyl sites for hydroxylation is 1. The predicted octanol–water partition coefficient (Wildman–Crippen LogP) is 0.650. The molecule has 2 aliphatic heterocycles. The summed E-state index contributed by atoms with van der Waals surface area (Å²) < 4.78 is 0. The molecule has 0 spiro atoms. The molecule has 1 atom stereocenters. The molecule has 21 heavy (non-hydrogen) atoms. The molecule has 0 unspecified atom stereocenters. The van der Waals surface area contributed by atoms with E-state index in [1.54, 1.807) is 18.2 Å². The highest BCUT2D eigenvalue weighted by Gasteiger charge is 2.45. The van der Waals surface area contributed by atoms with Gasteiger partial charge in [-0.25, -0.2) is 0 Å². The fourth-order valence-electron chi connectivity index (χ4n) is 2.88. The zero-order valence-corrected chi connectivity index (χ0v) is 11.5. The number of imide groups is 2. The van der Waals surface area contributed by atoms with Gasteiger partial charge >= 0.3 is 0 Å². The van der Waals surface area contributed by atoms with Gasteiger partial charge in [0.25, 0.3) is 11.8 Å². The Balaban J connectivity index is 2.00. The lowest BCUT2D eigenvalue weighted by atomic mass is 10.0. The summed E-state index contributed by atoms with van der Waals surface area (Å²) in [6.45, 7) is 1.90. The van der Waals surface area contributed by atoms with Gasteiger partial charge in [-0.1, -0.05) is 19.1 Å². The summed E-state index contributed by atoms with van der Waals surface area (Å²) in [5.74, 6) is -1.86. The third-order valence-electron chi connectivity index (χ3n) is 3.94. The van der Waals surface area contributed by atoms with Crippen molar-refractivity contribution in [3.8, 4) is 0 Å². The molecule has 1 aromatic rings. The summed E-state index contributed by atoms with van der Waals surface area (Å²) in [6, 6.07) is 4.23. The number of hydrogen-bond acceptors (Lipinski definition) is 4. The highest BCUT2D eigenvalue weighted by Crippen LogP contribution is 2.29. The average Bonchev–Trinajstić information content (AvgIpc) is 2.72. The smallest absolute Gasteiger partial charge is 0.262 e. The molecule has 2 heterocycles. The van der Waals surface area contributed by atoms with Crippen LogP contribution in [0.4, 0.5) is 0 Å². The first kappa shape index (κ1) is 13.5. The molecular formula is C15H14N2O4. The molecule has 0 aliphatic carbocycles. The minimum absolute atomic E-state index is 0.129. The number of carbonyl (C=O) groups is 4. The summed E-state index contributed by atoms with van der Waals surface area (Å²) in [7, 11) is 0. The minimum atomic E-state index is -0.903. The second-order valence-corrected chi connectivity index (χ2v) is 5.14. The van der Waals surface area contributed by atoms with E-state index in [1.807, 2.05) is 6.92 Å². The van der Waals surface area contributed by atoms with Crippen LogP contribution in [0.25, 0.3) is 0 Å². The van der Waals surface area contributed by atoms with Gasteiger partial charge in [0.05, 0.1) is 11.1 Å². The van der Waals surface area contributed by atoms with Gasteiger partial charge < -0.3 is 0 Å². The molecule has 0 aromatic heterocycles. The molecule has 0 saturated carbocycles. The molecule has 6 heteroatoms. The summed E-state index contributed by atoms with van der Waals surface area (Å²) in [5, 5.41) is 2.18. The molecule has 0 bridgehead atoms. The van der Waals surface area contributed by atoms with Crippen molar-refractivity contribution in [3.05, 3.63) is 34.9 Å².